The Morgan fingerprint density at radius 2 is 2.12 bits per heavy atom. The number of methoxy groups -OCH3 is 1. The Bertz CT molecular complexity index is 167. The highest BCUT2D eigenvalue weighted by Crippen LogP contribution is 2.27. The van der Waals surface area contributed by atoms with Gasteiger partial charge in [-0.25, -0.2) is 0 Å². The molecule has 0 aromatic carbocycles. The zero-order valence-electron chi connectivity index (χ0n) is 11.0. The minimum Gasteiger partial charge on any atom is -0.383 e. The van der Waals surface area contributed by atoms with Crippen molar-refractivity contribution in [1.82, 2.24) is 4.90 Å². The molecule has 3 nitrogen and oxygen atoms in total. The van der Waals surface area contributed by atoms with E-state index in [-0.39, 0.29) is 0 Å². The van der Waals surface area contributed by atoms with E-state index in [1.54, 1.807) is 7.11 Å². The van der Waals surface area contributed by atoms with Crippen LogP contribution in [0.2, 0.25) is 0 Å². The van der Waals surface area contributed by atoms with Crippen LogP contribution in [0.5, 0.6) is 0 Å². The second-order valence-corrected chi connectivity index (χ2v) is 5.10. The highest BCUT2D eigenvalue weighted by Gasteiger charge is 2.23. The Labute approximate surface area is 100 Å². The first-order valence-electron chi connectivity index (χ1n) is 6.71. The molecule has 0 saturated heterocycles. The summed E-state index contributed by atoms with van der Waals surface area (Å²) in [5, 5.41) is 0. The van der Waals surface area contributed by atoms with Crippen LogP contribution in [0.25, 0.3) is 0 Å². The minimum atomic E-state index is 0.769. The number of nitrogens with zero attached hydrogens (tertiary/aromatic N) is 1. The molecule has 0 bridgehead atoms. The van der Waals surface area contributed by atoms with Crippen LogP contribution in [0.1, 0.15) is 39.0 Å². The van der Waals surface area contributed by atoms with Crippen LogP contribution >= 0.6 is 0 Å². The summed E-state index contributed by atoms with van der Waals surface area (Å²) in [4.78, 5) is 2.59. The van der Waals surface area contributed by atoms with Gasteiger partial charge in [0.25, 0.3) is 0 Å². The lowest BCUT2D eigenvalue weighted by Crippen LogP contribution is -2.41. The van der Waals surface area contributed by atoms with Crippen molar-refractivity contribution >= 4 is 0 Å². The molecule has 1 rings (SSSR count). The molecule has 1 fully saturated rings. The van der Waals surface area contributed by atoms with Crippen molar-refractivity contribution in [3.63, 3.8) is 0 Å². The molecule has 0 spiro atoms. The first kappa shape index (κ1) is 13.9. The van der Waals surface area contributed by atoms with Crippen molar-refractivity contribution in [2.75, 3.05) is 33.4 Å². The lowest BCUT2D eigenvalue weighted by Gasteiger charge is -2.36. The summed E-state index contributed by atoms with van der Waals surface area (Å²) in [6.45, 7) is 6.22. The summed E-state index contributed by atoms with van der Waals surface area (Å²) >= 11 is 0. The summed E-state index contributed by atoms with van der Waals surface area (Å²) in [5.74, 6) is 0.890. The molecule has 0 heterocycles. The summed E-state index contributed by atoms with van der Waals surface area (Å²) in [5.41, 5.74) is 5.60. The molecule has 2 N–H and O–H groups in total. The largest absolute Gasteiger partial charge is 0.383 e. The van der Waals surface area contributed by atoms with E-state index in [1.165, 1.54) is 25.7 Å². The van der Waals surface area contributed by atoms with Crippen molar-refractivity contribution < 1.29 is 4.74 Å². The van der Waals surface area contributed by atoms with Crippen LogP contribution in [-0.4, -0.2) is 44.3 Å². The third kappa shape index (κ3) is 4.81. The minimum absolute atomic E-state index is 0.769. The molecular formula is C13H28N2O. The molecule has 96 valence electrons. The van der Waals surface area contributed by atoms with E-state index in [0.29, 0.717) is 0 Å². The molecule has 16 heavy (non-hydrogen) atoms. The number of rotatable bonds is 7. The molecule has 0 aromatic rings. The SMILES string of the molecule is COCCN(CCCN)C1CCCC(C)C1. The standard InChI is InChI=1S/C13H28N2O/c1-12-5-3-6-13(11-12)15(8-4-7-14)9-10-16-2/h12-13H,3-11,14H2,1-2H3. The molecule has 0 aromatic heterocycles. The Hall–Kier alpha value is -0.120. The van der Waals surface area contributed by atoms with Crippen molar-refractivity contribution in [3.05, 3.63) is 0 Å². The number of nitrogens with two attached hydrogens (primary N) is 1. The summed E-state index contributed by atoms with van der Waals surface area (Å²) in [7, 11) is 1.78. The normalized spacial score (nSPS) is 26.2. The highest BCUT2D eigenvalue weighted by molar-refractivity contribution is 4.79. The Balaban J connectivity index is 2.38. The van der Waals surface area contributed by atoms with Crippen LogP contribution in [0.4, 0.5) is 0 Å². The van der Waals surface area contributed by atoms with E-state index in [1.807, 2.05) is 0 Å². The molecule has 1 aliphatic carbocycles. The highest BCUT2D eigenvalue weighted by atomic mass is 16.5. The molecule has 2 unspecified atom stereocenters. The molecule has 3 heteroatoms. The van der Waals surface area contributed by atoms with Gasteiger partial charge in [0.2, 0.25) is 0 Å². The molecule has 0 radical (unpaired) electrons. The monoisotopic (exact) mass is 228 g/mol. The number of ether oxygens (including phenoxy) is 1. The van der Waals surface area contributed by atoms with Crippen LogP contribution in [0.3, 0.4) is 0 Å². The van der Waals surface area contributed by atoms with E-state index >= 15 is 0 Å². The number of hydrogen-bond acceptors (Lipinski definition) is 3. The molecule has 2 atom stereocenters. The molecule has 1 aliphatic rings. The maximum absolute atomic E-state index is 5.60. The van der Waals surface area contributed by atoms with Crippen LogP contribution in [-0.2, 0) is 4.74 Å². The van der Waals surface area contributed by atoms with E-state index in [9.17, 15) is 0 Å². The van der Waals surface area contributed by atoms with Gasteiger partial charge in [-0.15, -0.1) is 0 Å². The quantitative estimate of drug-likeness (QED) is 0.723. The van der Waals surface area contributed by atoms with E-state index in [2.05, 4.69) is 11.8 Å². The molecular weight excluding hydrogens is 200 g/mol. The zero-order valence-corrected chi connectivity index (χ0v) is 11.0. The van der Waals surface area contributed by atoms with Crippen LogP contribution in [0.15, 0.2) is 0 Å². The van der Waals surface area contributed by atoms with Crippen LogP contribution < -0.4 is 5.73 Å². The third-order valence-electron chi connectivity index (χ3n) is 3.66. The second-order valence-electron chi connectivity index (χ2n) is 5.10. The van der Waals surface area contributed by atoms with Gasteiger partial charge in [0.05, 0.1) is 6.61 Å². The van der Waals surface area contributed by atoms with Gasteiger partial charge in [0.1, 0.15) is 0 Å². The van der Waals surface area contributed by atoms with E-state index in [0.717, 1.165) is 44.6 Å². The van der Waals surface area contributed by atoms with Crippen molar-refractivity contribution in [3.8, 4) is 0 Å². The van der Waals surface area contributed by atoms with Gasteiger partial charge >= 0.3 is 0 Å². The third-order valence-corrected chi connectivity index (χ3v) is 3.66. The maximum atomic E-state index is 5.60. The van der Waals surface area contributed by atoms with Crippen LogP contribution in [0, 0.1) is 5.92 Å². The van der Waals surface area contributed by atoms with Gasteiger partial charge in [0, 0.05) is 19.7 Å². The van der Waals surface area contributed by atoms with Gasteiger partial charge in [-0.2, -0.15) is 0 Å². The van der Waals surface area contributed by atoms with Crippen molar-refractivity contribution in [2.45, 2.75) is 45.1 Å². The fourth-order valence-electron chi connectivity index (χ4n) is 2.71. The van der Waals surface area contributed by atoms with E-state index < -0.39 is 0 Å². The first-order chi connectivity index (χ1) is 7.77. The summed E-state index contributed by atoms with van der Waals surface area (Å²) in [6.07, 6.45) is 6.62. The lowest BCUT2D eigenvalue weighted by molar-refractivity contribution is 0.0908. The molecule has 1 saturated carbocycles. The Morgan fingerprint density at radius 3 is 2.75 bits per heavy atom. The average molecular weight is 228 g/mol. The van der Waals surface area contributed by atoms with E-state index in [4.69, 9.17) is 10.5 Å². The molecule has 0 aliphatic heterocycles. The Kier molecular flexibility index (Phi) is 7.01. The van der Waals surface area contributed by atoms with Gasteiger partial charge < -0.3 is 10.5 Å². The zero-order chi connectivity index (χ0) is 11.8. The topological polar surface area (TPSA) is 38.5 Å². The van der Waals surface area contributed by atoms with Crippen molar-refractivity contribution in [1.29, 1.82) is 0 Å². The lowest BCUT2D eigenvalue weighted by atomic mass is 9.86. The molecule has 0 amide bonds. The van der Waals surface area contributed by atoms with Gasteiger partial charge in [-0.05, 0) is 38.3 Å². The summed E-state index contributed by atoms with van der Waals surface area (Å²) < 4.78 is 5.20. The van der Waals surface area contributed by atoms with Gasteiger partial charge in [-0.1, -0.05) is 19.8 Å². The first-order valence-corrected chi connectivity index (χ1v) is 6.71. The second kappa shape index (κ2) is 8.04. The summed E-state index contributed by atoms with van der Waals surface area (Å²) in [6, 6.07) is 0.769. The van der Waals surface area contributed by atoms with Gasteiger partial charge in [0.15, 0.2) is 0 Å². The number of hydrogen-bond donors (Lipinski definition) is 1. The predicted molar refractivity (Wildman–Crippen MR) is 68.5 cm³/mol. The fraction of sp³-hybridized carbons (Fsp3) is 1.00. The smallest absolute Gasteiger partial charge is 0.0589 e. The predicted octanol–water partition coefficient (Wildman–Crippen LogP) is 1.86. The van der Waals surface area contributed by atoms with Crippen molar-refractivity contribution in [2.24, 2.45) is 11.7 Å². The fourth-order valence-corrected chi connectivity index (χ4v) is 2.71. The maximum Gasteiger partial charge on any atom is 0.0589 e. The van der Waals surface area contributed by atoms with Gasteiger partial charge in [-0.3, -0.25) is 4.90 Å². The average Bonchev–Trinajstić information content (AvgIpc) is 2.29. The Morgan fingerprint density at radius 1 is 1.31 bits per heavy atom.